The molecule has 1 aromatic carbocycles. The minimum absolute atomic E-state index is 0.0186. The molecule has 0 saturated carbocycles. The third-order valence-electron chi connectivity index (χ3n) is 3.03. The lowest BCUT2D eigenvalue weighted by Gasteiger charge is -2.10. The summed E-state index contributed by atoms with van der Waals surface area (Å²) in [7, 11) is 0. The molecule has 2 rings (SSSR count). The standard InChI is InChI=1S/C15H17NO4/c17-14(10-13-5-2-8-20-13)16-12-4-1-3-11(9-12)6-7-15(18)19/h1,3-4,6-7,9,13H,2,5,8,10H2,(H,16,17)(H,18,19)/b7-6+. The van der Waals surface area contributed by atoms with Crippen molar-refractivity contribution in [1.82, 2.24) is 0 Å². The van der Waals surface area contributed by atoms with Gasteiger partial charge in [-0.05, 0) is 36.6 Å². The number of carbonyl (C=O) groups excluding carboxylic acids is 1. The van der Waals surface area contributed by atoms with E-state index < -0.39 is 5.97 Å². The Hall–Kier alpha value is -2.14. The fourth-order valence-electron chi connectivity index (χ4n) is 2.11. The Kier molecular flexibility index (Phi) is 4.90. The summed E-state index contributed by atoms with van der Waals surface area (Å²) < 4.78 is 5.41. The molecule has 5 heteroatoms. The average Bonchev–Trinajstić information content (AvgIpc) is 2.89. The number of aliphatic carboxylic acids is 1. The van der Waals surface area contributed by atoms with E-state index in [4.69, 9.17) is 9.84 Å². The van der Waals surface area contributed by atoms with E-state index in [0.717, 1.165) is 31.1 Å². The first kappa shape index (κ1) is 14.3. The van der Waals surface area contributed by atoms with Crippen molar-refractivity contribution in [2.24, 2.45) is 0 Å². The number of ether oxygens (including phenoxy) is 1. The first-order valence-corrected chi connectivity index (χ1v) is 6.56. The zero-order valence-corrected chi connectivity index (χ0v) is 11.0. The smallest absolute Gasteiger partial charge is 0.328 e. The van der Waals surface area contributed by atoms with Crippen LogP contribution in [0, 0.1) is 0 Å². The van der Waals surface area contributed by atoms with E-state index in [1.54, 1.807) is 24.3 Å². The summed E-state index contributed by atoms with van der Waals surface area (Å²) >= 11 is 0. The summed E-state index contributed by atoms with van der Waals surface area (Å²) in [4.78, 5) is 22.3. The molecule has 106 valence electrons. The number of carboxylic acids is 1. The van der Waals surface area contributed by atoms with Gasteiger partial charge in [0.05, 0.1) is 12.5 Å². The predicted molar refractivity (Wildman–Crippen MR) is 75.3 cm³/mol. The maximum atomic E-state index is 11.8. The Morgan fingerprint density at radius 3 is 3.00 bits per heavy atom. The van der Waals surface area contributed by atoms with Gasteiger partial charge in [0, 0.05) is 18.4 Å². The molecule has 1 aliphatic rings. The molecule has 1 fully saturated rings. The number of amides is 1. The number of hydrogen-bond acceptors (Lipinski definition) is 3. The van der Waals surface area contributed by atoms with E-state index in [0.29, 0.717) is 12.1 Å². The monoisotopic (exact) mass is 275 g/mol. The normalized spacial score (nSPS) is 18.3. The number of nitrogens with one attached hydrogen (secondary N) is 1. The molecular weight excluding hydrogens is 258 g/mol. The number of carboxylic acid groups (broad SMARTS) is 1. The van der Waals surface area contributed by atoms with Gasteiger partial charge in [-0.3, -0.25) is 4.79 Å². The third-order valence-corrected chi connectivity index (χ3v) is 3.03. The molecule has 1 heterocycles. The van der Waals surface area contributed by atoms with E-state index in [-0.39, 0.29) is 12.0 Å². The highest BCUT2D eigenvalue weighted by Crippen LogP contribution is 2.17. The Balaban J connectivity index is 1.93. The predicted octanol–water partition coefficient (Wildman–Crippen LogP) is 2.29. The minimum atomic E-state index is -1.00. The van der Waals surface area contributed by atoms with Crippen molar-refractivity contribution in [2.75, 3.05) is 11.9 Å². The molecule has 20 heavy (non-hydrogen) atoms. The van der Waals surface area contributed by atoms with Gasteiger partial charge in [-0.1, -0.05) is 12.1 Å². The first-order valence-electron chi connectivity index (χ1n) is 6.56. The zero-order valence-electron chi connectivity index (χ0n) is 11.0. The van der Waals surface area contributed by atoms with Crippen LogP contribution >= 0.6 is 0 Å². The van der Waals surface area contributed by atoms with Gasteiger partial charge in [0.25, 0.3) is 0 Å². The molecule has 1 atom stereocenters. The van der Waals surface area contributed by atoms with E-state index in [9.17, 15) is 9.59 Å². The lowest BCUT2D eigenvalue weighted by molar-refractivity contribution is -0.131. The highest BCUT2D eigenvalue weighted by atomic mass is 16.5. The summed E-state index contributed by atoms with van der Waals surface area (Å²) in [5.41, 5.74) is 1.38. The fourth-order valence-corrected chi connectivity index (χ4v) is 2.11. The topological polar surface area (TPSA) is 75.6 Å². The third kappa shape index (κ3) is 4.51. The van der Waals surface area contributed by atoms with Gasteiger partial charge >= 0.3 is 5.97 Å². The van der Waals surface area contributed by atoms with E-state index in [2.05, 4.69) is 5.32 Å². The van der Waals surface area contributed by atoms with E-state index in [1.807, 2.05) is 0 Å². The van der Waals surface area contributed by atoms with Crippen LogP contribution in [0.4, 0.5) is 5.69 Å². The number of rotatable bonds is 5. The molecular formula is C15H17NO4. The number of carbonyl (C=O) groups is 2. The van der Waals surface area contributed by atoms with Crippen LogP contribution in [0.3, 0.4) is 0 Å². The molecule has 1 saturated heterocycles. The maximum absolute atomic E-state index is 11.8. The van der Waals surface area contributed by atoms with Gasteiger partial charge in [0.2, 0.25) is 5.91 Å². The summed E-state index contributed by atoms with van der Waals surface area (Å²) in [5.74, 6) is -1.09. The highest BCUT2D eigenvalue weighted by molar-refractivity contribution is 5.91. The Morgan fingerprint density at radius 1 is 1.45 bits per heavy atom. The second-order valence-electron chi connectivity index (χ2n) is 4.68. The number of hydrogen-bond donors (Lipinski definition) is 2. The highest BCUT2D eigenvalue weighted by Gasteiger charge is 2.18. The van der Waals surface area contributed by atoms with Crippen LogP contribution in [0.15, 0.2) is 30.3 Å². The number of benzene rings is 1. The molecule has 5 nitrogen and oxygen atoms in total. The maximum Gasteiger partial charge on any atom is 0.328 e. The molecule has 0 bridgehead atoms. The SMILES string of the molecule is O=C(O)/C=C/c1cccc(NC(=O)CC2CCCO2)c1. The summed E-state index contributed by atoms with van der Waals surface area (Å²) in [6.45, 7) is 0.730. The molecule has 1 amide bonds. The van der Waals surface area contributed by atoms with Gasteiger partial charge < -0.3 is 15.2 Å². The lowest BCUT2D eigenvalue weighted by Crippen LogP contribution is -2.19. The van der Waals surface area contributed by atoms with Crippen LogP contribution in [0.5, 0.6) is 0 Å². The van der Waals surface area contributed by atoms with Crippen LogP contribution < -0.4 is 5.32 Å². The molecule has 0 aromatic heterocycles. The fraction of sp³-hybridized carbons (Fsp3) is 0.333. The Labute approximate surface area is 117 Å². The lowest BCUT2D eigenvalue weighted by atomic mass is 10.1. The van der Waals surface area contributed by atoms with Gasteiger partial charge in [-0.15, -0.1) is 0 Å². The molecule has 1 unspecified atom stereocenters. The molecule has 0 radical (unpaired) electrons. The van der Waals surface area contributed by atoms with Gasteiger partial charge in [-0.2, -0.15) is 0 Å². The molecule has 1 aromatic rings. The van der Waals surface area contributed by atoms with Crippen molar-refractivity contribution in [3.05, 3.63) is 35.9 Å². The second-order valence-corrected chi connectivity index (χ2v) is 4.68. The molecule has 2 N–H and O–H groups in total. The zero-order chi connectivity index (χ0) is 14.4. The van der Waals surface area contributed by atoms with Crippen LogP contribution in [0.25, 0.3) is 6.08 Å². The van der Waals surface area contributed by atoms with Crippen molar-refractivity contribution in [2.45, 2.75) is 25.4 Å². The Bertz CT molecular complexity index is 518. The van der Waals surface area contributed by atoms with Crippen molar-refractivity contribution in [3.8, 4) is 0 Å². The summed E-state index contributed by atoms with van der Waals surface area (Å²) in [6, 6.07) is 7.04. The van der Waals surface area contributed by atoms with E-state index in [1.165, 1.54) is 6.08 Å². The van der Waals surface area contributed by atoms with Crippen molar-refractivity contribution in [1.29, 1.82) is 0 Å². The summed E-state index contributed by atoms with van der Waals surface area (Å²) in [5, 5.41) is 11.4. The second kappa shape index (κ2) is 6.86. The number of anilines is 1. The van der Waals surface area contributed by atoms with Crippen LogP contribution in [0.1, 0.15) is 24.8 Å². The molecule has 0 aliphatic carbocycles. The van der Waals surface area contributed by atoms with E-state index >= 15 is 0 Å². The molecule has 0 spiro atoms. The molecule has 1 aliphatic heterocycles. The Morgan fingerprint density at radius 2 is 2.30 bits per heavy atom. The van der Waals surface area contributed by atoms with Crippen molar-refractivity contribution >= 4 is 23.6 Å². The van der Waals surface area contributed by atoms with Crippen LogP contribution in [0.2, 0.25) is 0 Å². The average molecular weight is 275 g/mol. The van der Waals surface area contributed by atoms with Gasteiger partial charge in [0.15, 0.2) is 0 Å². The van der Waals surface area contributed by atoms with Crippen molar-refractivity contribution in [3.63, 3.8) is 0 Å². The minimum Gasteiger partial charge on any atom is -0.478 e. The summed E-state index contributed by atoms with van der Waals surface area (Å²) in [6.07, 6.45) is 4.85. The quantitative estimate of drug-likeness (QED) is 0.808. The first-order chi connectivity index (χ1) is 9.63. The van der Waals surface area contributed by atoms with Crippen LogP contribution in [-0.2, 0) is 14.3 Å². The largest absolute Gasteiger partial charge is 0.478 e. The van der Waals surface area contributed by atoms with Crippen LogP contribution in [-0.4, -0.2) is 29.7 Å². The van der Waals surface area contributed by atoms with Gasteiger partial charge in [0.1, 0.15) is 0 Å². The van der Waals surface area contributed by atoms with Gasteiger partial charge in [-0.25, -0.2) is 4.79 Å². The van der Waals surface area contributed by atoms with Crippen molar-refractivity contribution < 1.29 is 19.4 Å².